The summed E-state index contributed by atoms with van der Waals surface area (Å²) in [7, 11) is 0. The van der Waals surface area contributed by atoms with Crippen LogP contribution >= 0.6 is 0 Å². The second-order valence-corrected chi connectivity index (χ2v) is 7.49. The van der Waals surface area contributed by atoms with Gasteiger partial charge in [0.25, 0.3) is 0 Å². The van der Waals surface area contributed by atoms with Crippen molar-refractivity contribution in [3.8, 4) is 0 Å². The Bertz CT molecular complexity index is 499. The van der Waals surface area contributed by atoms with Crippen molar-refractivity contribution in [3.05, 3.63) is 35.4 Å². The van der Waals surface area contributed by atoms with Crippen LogP contribution in [0.4, 0.5) is 0 Å². The largest absolute Gasteiger partial charge is 0.460 e. The van der Waals surface area contributed by atoms with Gasteiger partial charge in [0.2, 0.25) is 0 Å². The molecule has 3 nitrogen and oxygen atoms in total. The third kappa shape index (κ3) is 5.70. The fourth-order valence-corrected chi connectivity index (χ4v) is 1.57. The summed E-state index contributed by atoms with van der Waals surface area (Å²) in [4.78, 5) is 23.7. The van der Waals surface area contributed by atoms with Crippen LogP contribution in [-0.4, -0.2) is 11.8 Å². The zero-order valence-corrected chi connectivity index (χ0v) is 13.9. The highest BCUT2D eigenvalue weighted by molar-refractivity contribution is 5.85. The van der Waals surface area contributed by atoms with Crippen LogP contribution in [0.15, 0.2) is 24.3 Å². The van der Waals surface area contributed by atoms with Gasteiger partial charge in [-0.3, -0.25) is 9.59 Å². The number of hydrogen-bond acceptors (Lipinski definition) is 3. The highest BCUT2D eigenvalue weighted by atomic mass is 16.5. The maximum Gasteiger partial charge on any atom is 0.311 e. The number of carbonyl (C=O) groups excluding carboxylic acids is 2. The van der Waals surface area contributed by atoms with Crippen LogP contribution in [0.2, 0.25) is 0 Å². The van der Waals surface area contributed by atoms with Gasteiger partial charge >= 0.3 is 5.97 Å². The number of esters is 1. The zero-order chi connectivity index (χ0) is 16.3. The Kier molecular flexibility index (Phi) is 5.32. The number of ketones is 1. The van der Waals surface area contributed by atoms with Crippen molar-refractivity contribution < 1.29 is 14.3 Å². The van der Waals surface area contributed by atoms with Gasteiger partial charge in [0.05, 0.1) is 5.41 Å². The fourth-order valence-electron chi connectivity index (χ4n) is 1.57. The van der Waals surface area contributed by atoms with Crippen molar-refractivity contribution in [2.45, 2.75) is 54.6 Å². The molecule has 0 aliphatic rings. The molecule has 3 heteroatoms. The number of rotatable bonds is 4. The highest BCUT2D eigenvalue weighted by Gasteiger charge is 2.23. The summed E-state index contributed by atoms with van der Waals surface area (Å²) in [6, 6.07) is 7.65. The van der Waals surface area contributed by atoms with Crippen molar-refractivity contribution in [1.29, 1.82) is 0 Å². The molecule has 1 aromatic rings. The summed E-state index contributed by atoms with van der Waals surface area (Å²) in [5.74, 6) is 0.00361. The van der Waals surface area contributed by atoms with Gasteiger partial charge in [-0.15, -0.1) is 0 Å². The van der Waals surface area contributed by atoms with Crippen LogP contribution in [-0.2, 0) is 27.4 Å². The summed E-state index contributed by atoms with van der Waals surface area (Å²) in [6.45, 7) is 11.5. The molecule has 1 rings (SSSR count). The van der Waals surface area contributed by atoms with E-state index in [0.29, 0.717) is 6.42 Å². The first kappa shape index (κ1) is 17.4. The molecule has 0 radical (unpaired) electrons. The lowest BCUT2D eigenvalue weighted by Crippen LogP contribution is -2.22. The van der Waals surface area contributed by atoms with Crippen LogP contribution in [0.25, 0.3) is 0 Å². The normalized spacial score (nSPS) is 12.1. The SMILES string of the molecule is CC(C)(C)C(=O)Cc1ccc(COC(=O)C(C)(C)C)cc1. The third-order valence-corrected chi connectivity index (χ3v) is 3.21. The minimum atomic E-state index is -0.487. The molecular weight excluding hydrogens is 264 g/mol. The smallest absolute Gasteiger partial charge is 0.311 e. The average Bonchev–Trinajstić information content (AvgIpc) is 2.35. The molecule has 0 atom stereocenters. The Hall–Kier alpha value is -1.64. The molecule has 0 saturated heterocycles. The quantitative estimate of drug-likeness (QED) is 0.789. The second kappa shape index (κ2) is 6.42. The molecule has 0 fully saturated rings. The first-order chi connectivity index (χ1) is 9.50. The predicted octanol–water partition coefficient (Wildman–Crippen LogP) is 3.93. The van der Waals surface area contributed by atoms with Gasteiger partial charge in [0.15, 0.2) is 0 Å². The maximum absolute atomic E-state index is 12.0. The number of ether oxygens (including phenoxy) is 1. The standard InChI is InChI=1S/C18H26O3/c1-17(2,3)15(19)11-13-7-9-14(10-8-13)12-21-16(20)18(4,5)6/h7-10H,11-12H2,1-6H3. The van der Waals surface area contributed by atoms with Gasteiger partial charge in [-0.1, -0.05) is 45.0 Å². The summed E-state index contributed by atoms with van der Waals surface area (Å²) in [6.07, 6.45) is 0.436. The van der Waals surface area contributed by atoms with Crippen LogP contribution < -0.4 is 0 Å². The number of hydrogen-bond donors (Lipinski definition) is 0. The summed E-state index contributed by atoms with van der Waals surface area (Å²) in [5.41, 5.74) is 1.11. The maximum atomic E-state index is 12.0. The Balaban J connectivity index is 2.59. The van der Waals surface area contributed by atoms with Crippen molar-refractivity contribution in [2.24, 2.45) is 10.8 Å². The lowest BCUT2D eigenvalue weighted by Gasteiger charge is -2.17. The molecule has 0 aliphatic heterocycles. The van der Waals surface area contributed by atoms with Crippen LogP contribution in [0.3, 0.4) is 0 Å². The van der Waals surface area contributed by atoms with E-state index >= 15 is 0 Å². The zero-order valence-electron chi connectivity index (χ0n) is 13.9. The summed E-state index contributed by atoms with van der Waals surface area (Å²) < 4.78 is 5.26. The topological polar surface area (TPSA) is 43.4 Å². The van der Waals surface area contributed by atoms with E-state index in [2.05, 4.69) is 0 Å². The second-order valence-electron chi connectivity index (χ2n) is 7.49. The monoisotopic (exact) mass is 290 g/mol. The van der Waals surface area contributed by atoms with E-state index in [1.807, 2.05) is 65.8 Å². The molecule has 21 heavy (non-hydrogen) atoms. The van der Waals surface area contributed by atoms with Crippen molar-refractivity contribution in [1.82, 2.24) is 0 Å². The Labute approximate surface area is 127 Å². The Morgan fingerprint density at radius 3 is 1.76 bits per heavy atom. The Morgan fingerprint density at radius 2 is 1.33 bits per heavy atom. The van der Waals surface area contributed by atoms with E-state index < -0.39 is 5.41 Å². The highest BCUT2D eigenvalue weighted by Crippen LogP contribution is 2.19. The lowest BCUT2D eigenvalue weighted by atomic mass is 9.87. The molecule has 0 bridgehead atoms. The van der Waals surface area contributed by atoms with E-state index in [-0.39, 0.29) is 23.8 Å². The number of carbonyl (C=O) groups is 2. The van der Waals surface area contributed by atoms with Gasteiger partial charge in [0.1, 0.15) is 12.4 Å². The molecule has 0 aliphatic carbocycles. The van der Waals surface area contributed by atoms with Crippen LogP contribution in [0, 0.1) is 10.8 Å². The van der Waals surface area contributed by atoms with Gasteiger partial charge in [-0.05, 0) is 31.9 Å². The fraction of sp³-hybridized carbons (Fsp3) is 0.556. The molecule has 0 amide bonds. The molecule has 0 aromatic heterocycles. The molecule has 0 heterocycles. The van der Waals surface area contributed by atoms with E-state index in [1.54, 1.807) is 0 Å². The first-order valence-electron chi connectivity index (χ1n) is 7.28. The van der Waals surface area contributed by atoms with Crippen molar-refractivity contribution in [3.63, 3.8) is 0 Å². The Morgan fingerprint density at radius 1 is 0.857 bits per heavy atom. The van der Waals surface area contributed by atoms with E-state index in [4.69, 9.17) is 4.74 Å². The van der Waals surface area contributed by atoms with E-state index in [9.17, 15) is 9.59 Å². The van der Waals surface area contributed by atoms with Crippen molar-refractivity contribution >= 4 is 11.8 Å². The van der Waals surface area contributed by atoms with Crippen LogP contribution in [0.5, 0.6) is 0 Å². The van der Waals surface area contributed by atoms with Crippen LogP contribution in [0.1, 0.15) is 52.7 Å². The molecule has 0 saturated carbocycles. The molecule has 0 unspecified atom stereocenters. The van der Waals surface area contributed by atoms with Gasteiger partial charge in [-0.2, -0.15) is 0 Å². The molecule has 1 aromatic carbocycles. The summed E-state index contributed by atoms with van der Waals surface area (Å²) in [5, 5.41) is 0. The number of benzene rings is 1. The molecular formula is C18H26O3. The molecule has 0 N–H and O–H groups in total. The van der Waals surface area contributed by atoms with Gasteiger partial charge in [0, 0.05) is 11.8 Å². The van der Waals surface area contributed by atoms with Crippen molar-refractivity contribution in [2.75, 3.05) is 0 Å². The minimum absolute atomic E-state index is 0.213. The number of Topliss-reactive ketones (excluding diaryl/α,β-unsaturated/α-hetero) is 1. The third-order valence-electron chi connectivity index (χ3n) is 3.21. The van der Waals surface area contributed by atoms with E-state index in [1.165, 1.54) is 0 Å². The molecule has 116 valence electrons. The summed E-state index contributed by atoms with van der Waals surface area (Å²) >= 11 is 0. The first-order valence-corrected chi connectivity index (χ1v) is 7.28. The van der Waals surface area contributed by atoms with E-state index in [0.717, 1.165) is 11.1 Å². The molecule has 0 spiro atoms. The minimum Gasteiger partial charge on any atom is -0.460 e. The lowest BCUT2D eigenvalue weighted by molar-refractivity contribution is -0.154. The average molecular weight is 290 g/mol. The predicted molar refractivity (Wildman–Crippen MR) is 83.9 cm³/mol. The van der Waals surface area contributed by atoms with Gasteiger partial charge < -0.3 is 4.74 Å². The van der Waals surface area contributed by atoms with Gasteiger partial charge in [-0.25, -0.2) is 0 Å².